The van der Waals surface area contributed by atoms with E-state index in [-0.39, 0.29) is 0 Å². The van der Waals surface area contributed by atoms with Crippen molar-refractivity contribution in [3.8, 4) is 0 Å². The van der Waals surface area contributed by atoms with Gasteiger partial charge in [-0.15, -0.1) is 11.3 Å². The van der Waals surface area contributed by atoms with Crippen molar-refractivity contribution in [3.63, 3.8) is 0 Å². The highest BCUT2D eigenvalue weighted by Crippen LogP contribution is 2.32. The van der Waals surface area contributed by atoms with E-state index < -0.39 is 0 Å². The first-order valence-corrected chi connectivity index (χ1v) is 7.64. The molecular formula is C13H21ClN2OS. The maximum atomic E-state index is 6.01. The standard InChI is InChI=1S/C13H21ClN2OS/c1-9(10-5-13(14)18-8-10)16-4-3-12(17-2)6-11(16)7-15/h5,8-9,11-12H,3-4,6-7,15H2,1-2H3. The number of nitrogens with zero attached hydrogens (tertiary/aromatic N) is 1. The Labute approximate surface area is 118 Å². The minimum Gasteiger partial charge on any atom is -0.381 e. The van der Waals surface area contributed by atoms with E-state index in [0.29, 0.717) is 24.7 Å². The van der Waals surface area contributed by atoms with Crippen molar-refractivity contribution in [1.29, 1.82) is 0 Å². The van der Waals surface area contributed by atoms with Gasteiger partial charge in [-0.3, -0.25) is 4.90 Å². The third-order valence-electron chi connectivity index (χ3n) is 3.89. The molecule has 0 bridgehead atoms. The van der Waals surface area contributed by atoms with Gasteiger partial charge in [0.2, 0.25) is 0 Å². The smallest absolute Gasteiger partial charge is 0.0931 e. The van der Waals surface area contributed by atoms with Crippen molar-refractivity contribution in [3.05, 3.63) is 21.3 Å². The van der Waals surface area contributed by atoms with Crippen molar-refractivity contribution in [2.45, 2.75) is 38.0 Å². The minimum absolute atomic E-state index is 0.355. The number of halogens is 1. The molecule has 0 spiro atoms. The molecule has 5 heteroatoms. The van der Waals surface area contributed by atoms with Crippen molar-refractivity contribution in [1.82, 2.24) is 4.90 Å². The third kappa shape index (κ3) is 3.06. The number of ether oxygens (including phenoxy) is 1. The van der Waals surface area contributed by atoms with E-state index in [1.54, 1.807) is 18.4 Å². The van der Waals surface area contributed by atoms with Gasteiger partial charge in [-0.1, -0.05) is 11.6 Å². The second kappa shape index (κ2) is 6.35. The highest BCUT2D eigenvalue weighted by molar-refractivity contribution is 7.14. The first-order valence-electron chi connectivity index (χ1n) is 6.38. The predicted molar refractivity (Wildman–Crippen MR) is 77.3 cm³/mol. The van der Waals surface area contributed by atoms with Crippen LogP contribution in [0.4, 0.5) is 0 Å². The van der Waals surface area contributed by atoms with E-state index in [1.807, 2.05) is 0 Å². The fourth-order valence-electron chi connectivity index (χ4n) is 2.72. The maximum Gasteiger partial charge on any atom is 0.0931 e. The monoisotopic (exact) mass is 288 g/mol. The van der Waals surface area contributed by atoms with Crippen LogP contribution in [0.2, 0.25) is 4.34 Å². The number of hydrogen-bond acceptors (Lipinski definition) is 4. The van der Waals surface area contributed by atoms with Crippen LogP contribution < -0.4 is 5.73 Å². The Morgan fingerprint density at radius 2 is 2.44 bits per heavy atom. The predicted octanol–water partition coefficient (Wildman–Crippen LogP) is 2.90. The summed E-state index contributed by atoms with van der Waals surface area (Å²) >= 11 is 7.61. The minimum atomic E-state index is 0.355. The molecule has 1 aliphatic rings. The first-order chi connectivity index (χ1) is 8.65. The summed E-state index contributed by atoms with van der Waals surface area (Å²) in [4.78, 5) is 2.48. The van der Waals surface area contributed by atoms with Crippen LogP contribution in [0.3, 0.4) is 0 Å². The number of likely N-dealkylation sites (tertiary alicyclic amines) is 1. The lowest BCUT2D eigenvalue weighted by atomic mass is 9.96. The van der Waals surface area contributed by atoms with E-state index in [1.165, 1.54) is 5.56 Å². The third-order valence-corrected chi connectivity index (χ3v) is 5.00. The molecule has 0 aliphatic carbocycles. The highest BCUT2D eigenvalue weighted by Gasteiger charge is 2.31. The van der Waals surface area contributed by atoms with Crippen LogP contribution in [0.15, 0.2) is 11.4 Å². The van der Waals surface area contributed by atoms with Crippen LogP contribution in [0.25, 0.3) is 0 Å². The Kier molecular flexibility index (Phi) is 5.04. The van der Waals surface area contributed by atoms with E-state index >= 15 is 0 Å². The Morgan fingerprint density at radius 3 is 3.00 bits per heavy atom. The molecule has 3 unspecified atom stereocenters. The molecule has 2 N–H and O–H groups in total. The van der Waals surface area contributed by atoms with Gasteiger partial charge in [0.15, 0.2) is 0 Å². The van der Waals surface area contributed by atoms with E-state index in [9.17, 15) is 0 Å². The molecule has 0 saturated carbocycles. The molecule has 0 aromatic carbocycles. The van der Waals surface area contributed by atoms with Gasteiger partial charge in [-0.25, -0.2) is 0 Å². The van der Waals surface area contributed by atoms with Gasteiger partial charge < -0.3 is 10.5 Å². The maximum absolute atomic E-state index is 6.01. The van der Waals surface area contributed by atoms with Crippen LogP contribution >= 0.6 is 22.9 Å². The number of piperidine rings is 1. The topological polar surface area (TPSA) is 38.5 Å². The number of rotatable bonds is 4. The largest absolute Gasteiger partial charge is 0.381 e. The normalized spacial score (nSPS) is 27.3. The van der Waals surface area contributed by atoms with E-state index in [2.05, 4.69) is 23.3 Å². The zero-order chi connectivity index (χ0) is 13.1. The van der Waals surface area contributed by atoms with Gasteiger partial charge >= 0.3 is 0 Å². The number of thiophene rings is 1. The highest BCUT2D eigenvalue weighted by atomic mass is 35.5. The Morgan fingerprint density at radius 1 is 1.67 bits per heavy atom. The Hall–Kier alpha value is -0.130. The molecule has 3 nitrogen and oxygen atoms in total. The first kappa shape index (κ1) is 14.3. The molecule has 0 amide bonds. The average molecular weight is 289 g/mol. The van der Waals surface area contributed by atoms with Gasteiger partial charge in [0.1, 0.15) is 0 Å². The van der Waals surface area contributed by atoms with Gasteiger partial charge in [-0.05, 0) is 36.8 Å². The molecule has 2 rings (SSSR count). The Bertz CT molecular complexity index is 385. The van der Waals surface area contributed by atoms with Crippen molar-refractivity contribution < 1.29 is 4.74 Å². The number of nitrogens with two attached hydrogens (primary N) is 1. The van der Waals surface area contributed by atoms with Gasteiger partial charge in [0.05, 0.1) is 10.4 Å². The summed E-state index contributed by atoms with van der Waals surface area (Å²) in [5.41, 5.74) is 7.20. The van der Waals surface area contributed by atoms with Crippen LogP contribution in [0, 0.1) is 0 Å². The molecule has 1 fully saturated rings. The summed E-state index contributed by atoms with van der Waals surface area (Å²) in [5.74, 6) is 0. The molecule has 1 saturated heterocycles. The summed E-state index contributed by atoms with van der Waals surface area (Å²) in [6, 6.07) is 2.84. The fourth-order valence-corrected chi connectivity index (χ4v) is 3.70. The summed E-state index contributed by atoms with van der Waals surface area (Å²) in [6.07, 6.45) is 2.46. The quantitative estimate of drug-likeness (QED) is 0.926. The summed E-state index contributed by atoms with van der Waals surface area (Å²) < 4.78 is 6.31. The summed E-state index contributed by atoms with van der Waals surface area (Å²) in [6.45, 7) is 3.95. The molecule has 1 aromatic heterocycles. The van der Waals surface area contributed by atoms with Gasteiger partial charge in [0.25, 0.3) is 0 Å². The fraction of sp³-hybridized carbons (Fsp3) is 0.692. The molecule has 1 aliphatic heterocycles. The molecule has 102 valence electrons. The van der Waals surface area contributed by atoms with Crippen LogP contribution in [0.1, 0.15) is 31.4 Å². The lowest BCUT2D eigenvalue weighted by Crippen LogP contribution is -2.49. The van der Waals surface area contributed by atoms with Crippen LogP contribution in [-0.4, -0.2) is 37.2 Å². The van der Waals surface area contributed by atoms with Crippen molar-refractivity contribution in [2.75, 3.05) is 20.2 Å². The zero-order valence-electron chi connectivity index (χ0n) is 10.9. The number of hydrogen-bond donors (Lipinski definition) is 1. The van der Waals surface area contributed by atoms with Crippen molar-refractivity contribution in [2.24, 2.45) is 5.73 Å². The average Bonchev–Trinajstić information content (AvgIpc) is 2.83. The second-order valence-corrected chi connectivity index (χ2v) is 6.41. The lowest BCUT2D eigenvalue weighted by Gasteiger charge is -2.41. The second-order valence-electron chi connectivity index (χ2n) is 4.87. The van der Waals surface area contributed by atoms with Crippen LogP contribution in [0.5, 0.6) is 0 Å². The zero-order valence-corrected chi connectivity index (χ0v) is 12.5. The van der Waals surface area contributed by atoms with Crippen molar-refractivity contribution >= 4 is 22.9 Å². The van der Waals surface area contributed by atoms with Gasteiger partial charge in [-0.2, -0.15) is 0 Å². The number of methoxy groups -OCH3 is 1. The Balaban J connectivity index is 2.07. The molecule has 18 heavy (non-hydrogen) atoms. The van der Waals surface area contributed by atoms with E-state index in [0.717, 1.165) is 23.7 Å². The molecule has 3 atom stereocenters. The van der Waals surface area contributed by atoms with Gasteiger partial charge in [0, 0.05) is 32.3 Å². The van der Waals surface area contributed by atoms with E-state index in [4.69, 9.17) is 22.1 Å². The molecule has 0 radical (unpaired) electrons. The summed E-state index contributed by atoms with van der Waals surface area (Å²) in [7, 11) is 1.79. The molecular weight excluding hydrogens is 268 g/mol. The lowest BCUT2D eigenvalue weighted by molar-refractivity contribution is -0.00157. The molecule has 2 heterocycles. The SMILES string of the molecule is COC1CCN(C(C)c2csc(Cl)c2)C(CN)C1. The summed E-state index contributed by atoms with van der Waals surface area (Å²) in [5, 5.41) is 2.14. The van der Waals surface area contributed by atoms with Crippen LogP contribution in [-0.2, 0) is 4.74 Å². The molecule has 1 aromatic rings.